The number of benzene rings is 3. The molecule has 1 heterocycles. The highest BCUT2D eigenvalue weighted by molar-refractivity contribution is 5.90. The Kier molecular flexibility index (Phi) is 10.7. The van der Waals surface area contributed by atoms with Gasteiger partial charge in [0, 0.05) is 24.6 Å². The van der Waals surface area contributed by atoms with Crippen molar-refractivity contribution in [3.8, 4) is 28.4 Å². The summed E-state index contributed by atoms with van der Waals surface area (Å²) in [6, 6.07) is 17.3. The van der Waals surface area contributed by atoms with Gasteiger partial charge >= 0.3 is 0 Å². The number of phenols is 2. The fourth-order valence-electron chi connectivity index (χ4n) is 5.22. The molecule has 3 aromatic carbocycles. The van der Waals surface area contributed by atoms with Crippen LogP contribution >= 0.6 is 0 Å². The lowest BCUT2D eigenvalue weighted by molar-refractivity contribution is -0.114. The number of H-pyrrole nitrogens is 1. The lowest BCUT2D eigenvalue weighted by Gasteiger charge is -2.17. The van der Waals surface area contributed by atoms with E-state index in [1.807, 2.05) is 36.5 Å². The van der Waals surface area contributed by atoms with Crippen LogP contribution in [0.25, 0.3) is 22.0 Å². The molecule has 5 nitrogen and oxygen atoms in total. The number of allylic oxidation sites excluding steroid dienone is 2. The van der Waals surface area contributed by atoms with Crippen LogP contribution in [0.15, 0.2) is 72.9 Å². The fraction of sp³-hybridized carbons (Fsp3) is 0.361. The number of aromatic hydroxyl groups is 2. The Morgan fingerprint density at radius 1 is 0.951 bits per heavy atom. The first-order valence-corrected chi connectivity index (χ1v) is 14.9. The zero-order valence-electron chi connectivity index (χ0n) is 24.6. The van der Waals surface area contributed by atoms with Gasteiger partial charge in [-0.3, -0.25) is 4.79 Å². The molecule has 0 radical (unpaired) electrons. The Hall–Kier alpha value is -3.99. The molecular weight excluding hydrogens is 510 g/mol. The van der Waals surface area contributed by atoms with Gasteiger partial charge in [0.1, 0.15) is 5.75 Å². The van der Waals surface area contributed by atoms with Crippen LogP contribution in [-0.4, -0.2) is 27.6 Å². The van der Waals surface area contributed by atoms with E-state index >= 15 is 0 Å². The molecule has 1 aromatic heterocycles. The van der Waals surface area contributed by atoms with Gasteiger partial charge in [-0.2, -0.15) is 0 Å². The van der Waals surface area contributed by atoms with Gasteiger partial charge in [0.25, 0.3) is 0 Å². The van der Waals surface area contributed by atoms with E-state index in [0.717, 1.165) is 52.4 Å². The summed E-state index contributed by atoms with van der Waals surface area (Å²) in [5.74, 6) is 1.33. The van der Waals surface area contributed by atoms with Gasteiger partial charge in [-0.25, -0.2) is 0 Å². The number of ketones is 1. The van der Waals surface area contributed by atoms with Crippen molar-refractivity contribution in [2.45, 2.75) is 72.1 Å². The monoisotopic (exact) mass is 553 g/mol. The molecule has 41 heavy (non-hydrogen) atoms. The van der Waals surface area contributed by atoms with Crippen molar-refractivity contribution < 1.29 is 19.7 Å². The lowest BCUT2D eigenvalue weighted by atomic mass is 9.89. The molecule has 0 aliphatic heterocycles. The molecule has 0 atom stereocenters. The average Bonchev–Trinajstić information content (AvgIpc) is 3.40. The van der Waals surface area contributed by atoms with E-state index in [4.69, 9.17) is 4.74 Å². The van der Waals surface area contributed by atoms with Gasteiger partial charge < -0.3 is 19.9 Å². The molecule has 0 saturated heterocycles. The summed E-state index contributed by atoms with van der Waals surface area (Å²) in [5, 5.41) is 21.9. The third kappa shape index (κ3) is 8.50. The number of nitrogens with one attached hydrogen (secondary N) is 1. The number of phenolic OH excluding ortho intramolecular Hbond substituents is 2. The van der Waals surface area contributed by atoms with Crippen molar-refractivity contribution >= 4 is 16.7 Å². The molecular formula is C36H43NO4. The summed E-state index contributed by atoms with van der Waals surface area (Å²) in [4.78, 5) is 15.6. The van der Waals surface area contributed by atoms with E-state index in [-0.39, 0.29) is 17.3 Å². The Bertz CT molecular complexity index is 1480. The second-order valence-corrected chi connectivity index (χ2v) is 11.3. The zero-order valence-corrected chi connectivity index (χ0v) is 24.6. The lowest BCUT2D eigenvalue weighted by Crippen LogP contribution is -2.05. The molecule has 4 rings (SSSR count). The van der Waals surface area contributed by atoms with Gasteiger partial charge in [-0.05, 0) is 113 Å². The molecule has 0 fully saturated rings. The number of hydrogen-bond donors (Lipinski definition) is 3. The summed E-state index contributed by atoms with van der Waals surface area (Å²) in [7, 11) is 0. The third-order valence-electron chi connectivity index (χ3n) is 7.38. The molecule has 3 N–H and O–H groups in total. The summed E-state index contributed by atoms with van der Waals surface area (Å²) >= 11 is 0. The third-order valence-corrected chi connectivity index (χ3v) is 7.38. The number of fused-ring (bicyclic) bond motifs is 1. The van der Waals surface area contributed by atoms with E-state index in [1.54, 1.807) is 18.2 Å². The predicted octanol–water partition coefficient (Wildman–Crippen LogP) is 8.70. The van der Waals surface area contributed by atoms with Crippen LogP contribution in [0, 0.1) is 5.92 Å². The van der Waals surface area contributed by atoms with Crippen LogP contribution in [-0.2, 0) is 24.1 Å². The van der Waals surface area contributed by atoms with Crippen molar-refractivity contribution in [2.75, 3.05) is 6.61 Å². The van der Waals surface area contributed by atoms with Gasteiger partial charge in [0.2, 0.25) is 0 Å². The summed E-state index contributed by atoms with van der Waals surface area (Å²) < 4.78 is 6.05. The van der Waals surface area contributed by atoms with Crippen molar-refractivity contribution in [2.24, 2.45) is 5.92 Å². The number of ether oxygens (including phenoxy) is 1. The van der Waals surface area contributed by atoms with Crippen LogP contribution in [0.2, 0.25) is 0 Å². The maximum atomic E-state index is 12.3. The highest BCUT2D eigenvalue weighted by Gasteiger charge is 2.15. The first-order valence-electron chi connectivity index (χ1n) is 14.9. The SMILES string of the molecule is CCCCCC=CC(=O)CCc1ccc(O)c(OCCc2ccc(O)cc2-c2cc3cc[nH]c3cc2CC(C)C)c1. The van der Waals surface area contributed by atoms with Crippen LogP contribution in [0.3, 0.4) is 0 Å². The Labute approximate surface area is 243 Å². The van der Waals surface area contributed by atoms with Crippen LogP contribution in [0.4, 0.5) is 0 Å². The van der Waals surface area contributed by atoms with E-state index in [9.17, 15) is 15.0 Å². The van der Waals surface area contributed by atoms with Crippen molar-refractivity contribution in [3.63, 3.8) is 0 Å². The fourth-order valence-corrected chi connectivity index (χ4v) is 5.22. The number of rotatable bonds is 15. The molecule has 5 heteroatoms. The average molecular weight is 554 g/mol. The van der Waals surface area contributed by atoms with E-state index in [2.05, 4.69) is 44.0 Å². The van der Waals surface area contributed by atoms with Crippen LogP contribution < -0.4 is 4.74 Å². The Morgan fingerprint density at radius 2 is 1.78 bits per heavy atom. The van der Waals surface area contributed by atoms with E-state index in [1.165, 1.54) is 18.4 Å². The number of unbranched alkanes of at least 4 members (excludes halogenated alkanes) is 3. The summed E-state index contributed by atoms with van der Waals surface area (Å²) in [6.45, 7) is 6.95. The van der Waals surface area contributed by atoms with E-state index < -0.39 is 0 Å². The van der Waals surface area contributed by atoms with Crippen LogP contribution in [0.1, 0.15) is 69.6 Å². The van der Waals surface area contributed by atoms with Crippen LogP contribution in [0.5, 0.6) is 17.2 Å². The van der Waals surface area contributed by atoms with Gasteiger partial charge in [0.15, 0.2) is 17.3 Å². The molecule has 0 amide bonds. The second kappa shape index (κ2) is 14.6. The van der Waals surface area contributed by atoms with Gasteiger partial charge in [0.05, 0.1) is 6.61 Å². The number of carbonyl (C=O) groups excluding carboxylic acids is 1. The Balaban J connectivity index is 1.44. The molecule has 0 saturated carbocycles. The van der Waals surface area contributed by atoms with E-state index in [0.29, 0.717) is 37.5 Å². The molecule has 0 aliphatic rings. The minimum atomic E-state index is 0.0824. The number of aromatic amines is 1. The standard InChI is InChI=1S/C36H43NO4/c1-4-5-6-7-8-9-30(38)13-10-26-11-15-35(40)36(21-26)41-19-17-27-12-14-31(39)24-33(27)32-22-28-16-18-37-34(28)23-29(32)20-25(2)3/h8-9,11-12,14-16,18,21-25,37,39-40H,4-7,10,13,17,19-20H2,1-3H3. The zero-order chi connectivity index (χ0) is 29.2. The summed E-state index contributed by atoms with van der Waals surface area (Å²) in [6.07, 6.45) is 12.6. The molecule has 0 bridgehead atoms. The molecule has 0 aliphatic carbocycles. The van der Waals surface area contributed by atoms with Crippen molar-refractivity contribution in [3.05, 3.63) is 89.6 Å². The maximum Gasteiger partial charge on any atom is 0.161 e. The Morgan fingerprint density at radius 3 is 2.59 bits per heavy atom. The second-order valence-electron chi connectivity index (χ2n) is 11.3. The molecule has 216 valence electrons. The quantitative estimate of drug-likeness (QED) is 0.102. The molecule has 0 spiro atoms. The predicted molar refractivity (Wildman–Crippen MR) is 168 cm³/mol. The number of hydrogen-bond acceptors (Lipinski definition) is 4. The maximum absolute atomic E-state index is 12.3. The normalized spacial score (nSPS) is 11.6. The number of aryl methyl sites for hydroxylation is 1. The summed E-state index contributed by atoms with van der Waals surface area (Å²) in [5.41, 5.74) is 6.47. The topological polar surface area (TPSA) is 82.6 Å². The highest BCUT2D eigenvalue weighted by Crippen LogP contribution is 2.35. The van der Waals surface area contributed by atoms with Crippen molar-refractivity contribution in [1.29, 1.82) is 0 Å². The highest BCUT2D eigenvalue weighted by atomic mass is 16.5. The minimum absolute atomic E-state index is 0.0824. The largest absolute Gasteiger partial charge is 0.508 e. The number of carbonyl (C=O) groups is 1. The van der Waals surface area contributed by atoms with Gasteiger partial charge in [-0.1, -0.05) is 51.8 Å². The first-order chi connectivity index (χ1) is 19.8. The van der Waals surface area contributed by atoms with Gasteiger partial charge in [-0.15, -0.1) is 0 Å². The molecule has 0 unspecified atom stereocenters. The number of aromatic nitrogens is 1. The smallest absolute Gasteiger partial charge is 0.161 e. The molecule has 4 aromatic rings. The minimum Gasteiger partial charge on any atom is -0.508 e. The first kappa shape index (κ1) is 30.0. The van der Waals surface area contributed by atoms with Crippen molar-refractivity contribution in [1.82, 2.24) is 4.98 Å².